The van der Waals surface area contributed by atoms with Crippen LogP contribution in [0, 0.1) is 6.92 Å². The highest BCUT2D eigenvalue weighted by molar-refractivity contribution is 6.30. The molecule has 0 saturated heterocycles. The van der Waals surface area contributed by atoms with E-state index < -0.39 is 0 Å². The third-order valence-electron chi connectivity index (χ3n) is 3.35. The van der Waals surface area contributed by atoms with Gasteiger partial charge >= 0.3 is 0 Å². The molecule has 0 aromatic heterocycles. The van der Waals surface area contributed by atoms with Crippen molar-refractivity contribution in [3.63, 3.8) is 0 Å². The molecule has 0 heterocycles. The summed E-state index contributed by atoms with van der Waals surface area (Å²) >= 11 is 5.96. The van der Waals surface area contributed by atoms with Crippen molar-refractivity contribution in [1.29, 1.82) is 0 Å². The second-order valence-corrected chi connectivity index (χ2v) is 5.54. The third kappa shape index (κ3) is 4.55. The summed E-state index contributed by atoms with van der Waals surface area (Å²) in [7, 11) is 2.14. The molecule has 2 rings (SSSR count). The molecule has 2 nitrogen and oxygen atoms in total. The fraction of sp³-hybridized carbons (Fsp3) is 0.294. The summed E-state index contributed by atoms with van der Waals surface area (Å²) in [5.74, 6) is 0. The van der Waals surface area contributed by atoms with Crippen LogP contribution >= 0.6 is 11.6 Å². The summed E-state index contributed by atoms with van der Waals surface area (Å²) in [5, 5.41) is 4.16. The zero-order valence-corrected chi connectivity index (χ0v) is 12.8. The molecule has 20 heavy (non-hydrogen) atoms. The Hall–Kier alpha value is -1.51. The number of halogens is 1. The molecule has 0 aliphatic carbocycles. The Balaban J connectivity index is 1.78. The fourth-order valence-corrected chi connectivity index (χ4v) is 2.34. The minimum absolute atomic E-state index is 0.767. The average molecular weight is 289 g/mol. The molecule has 0 fully saturated rings. The Bertz CT molecular complexity index is 554. The number of nitrogens with one attached hydrogen (secondary N) is 1. The normalized spacial score (nSPS) is 10.8. The van der Waals surface area contributed by atoms with Gasteiger partial charge in [-0.3, -0.25) is 0 Å². The van der Waals surface area contributed by atoms with Crippen LogP contribution in [0.1, 0.15) is 11.1 Å². The fourth-order valence-electron chi connectivity index (χ4n) is 2.15. The molecular formula is C17H21ClN2. The number of hydrogen-bond acceptors (Lipinski definition) is 2. The Morgan fingerprint density at radius 2 is 1.90 bits per heavy atom. The highest BCUT2D eigenvalue weighted by Gasteiger charge is 2.02. The van der Waals surface area contributed by atoms with E-state index in [-0.39, 0.29) is 0 Å². The maximum absolute atomic E-state index is 5.96. The predicted octanol–water partition coefficient (Wildman–Crippen LogP) is 4.19. The molecule has 106 valence electrons. The molecule has 0 unspecified atom stereocenters. The summed E-state index contributed by atoms with van der Waals surface area (Å²) in [6.45, 7) is 5.03. The first-order chi connectivity index (χ1) is 9.65. The number of hydrogen-bond donors (Lipinski definition) is 1. The highest BCUT2D eigenvalue weighted by Crippen LogP contribution is 2.14. The topological polar surface area (TPSA) is 15.3 Å². The van der Waals surface area contributed by atoms with Crippen molar-refractivity contribution in [3.8, 4) is 0 Å². The van der Waals surface area contributed by atoms with E-state index in [4.69, 9.17) is 11.6 Å². The van der Waals surface area contributed by atoms with E-state index in [9.17, 15) is 0 Å². The van der Waals surface area contributed by atoms with Gasteiger partial charge in [0.25, 0.3) is 0 Å². The second kappa shape index (κ2) is 7.32. The van der Waals surface area contributed by atoms with E-state index in [1.54, 1.807) is 0 Å². The van der Waals surface area contributed by atoms with Crippen molar-refractivity contribution >= 4 is 17.3 Å². The quantitative estimate of drug-likeness (QED) is 0.857. The number of likely N-dealkylation sites (N-methyl/N-ethyl adjacent to an activating group) is 1. The molecule has 0 saturated carbocycles. The first-order valence-corrected chi connectivity index (χ1v) is 7.25. The van der Waals surface area contributed by atoms with Crippen molar-refractivity contribution in [2.45, 2.75) is 13.5 Å². The van der Waals surface area contributed by atoms with Crippen LogP contribution in [0.5, 0.6) is 0 Å². The number of benzene rings is 2. The van der Waals surface area contributed by atoms with Crippen LogP contribution in [0.15, 0.2) is 48.5 Å². The standard InChI is InChI=1S/C17H21ClN2/c1-14-6-3-4-7-15(14)13-20(2)11-10-19-17-9-5-8-16(18)12-17/h3-9,12,19H,10-11,13H2,1-2H3. The van der Waals surface area contributed by atoms with Gasteiger partial charge in [0.05, 0.1) is 0 Å². The van der Waals surface area contributed by atoms with Crippen molar-refractivity contribution in [2.75, 3.05) is 25.5 Å². The zero-order chi connectivity index (χ0) is 14.4. The summed E-state index contributed by atoms with van der Waals surface area (Å²) < 4.78 is 0. The minimum atomic E-state index is 0.767. The lowest BCUT2D eigenvalue weighted by Gasteiger charge is -2.18. The molecule has 0 radical (unpaired) electrons. The van der Waals surface area contributed by atoms with Crippen molar-refractivity contribution in [3.05, 3.63) is 64.7 Å². The van der Waals surface area contributed by atoms with Crippen LogP contribution < -0.4 is 5.32 Å². The molecule has 0 aliphatic rings. The van der Waals surface area contributed by atoms with Crippen LogP contribution in [-0.4, -0.2) is 25.0 Å². The van der Waals surface area contributed by atoms with E-state index in [1.807, 2.05) is 24.3 Å². The van der Waals surface area contributed by atoms with E-state index >= 15 is 0 Å². The SMILES string of the molecule is Cc1ccccc1CN(C)CCNc1cccc(Cl)c1. The third-order valence-corrected chi connectivity index (χ3v) is 3.58. The lowest BCUT2D eigenvalue weighted by molar-refractivity contribution is 0.339. The van der Waals surface area contributed by atoms with Crippen molar-refractivity contribution < 1.29 is 0 Å². The maximum atomic E-state index is 5.96. The summed E-state index contributed by atoms with van der Waals surface area (Å²) in [6, 6.07) is 16.4. The van der Waals surface area contributed by atoms with Gasteiger partial charge in [-0.1, -0.05) is 41.9 Å². The zero-order valence-electron chi connectivity index (χ0n) is 12.1. The maximum Gasteiger partial charge on any atom is 0.0426 e. The van der Waals surface area contributed by atoms with Crippen molar-refractivity contribution in [2.24, 2.45) is 0 Å². The van der Waals surface area contributed by atoms with Gasteiger partial charge < -0.3 is 10.2 Å². The summed E-state index contributed by atoms with van der Waals surface area (Å²) in [5.41, 5.74) is 3.81. The number of aryl methyl sites for hydroxylation is 1. The predicted molar refractivity (Wildman–Crippen MR) is 87.5 cm³/mol. The number of anilines is 1. The van der Waals surface area contributed by atoms with Crippen LogP contribution in [0.25, 0.3) is 0 Å². The summed E-state index contributed by atoms with van der Waals surface area (Å²) in [4.78, 5) is 2.32. The van der Waals surface area contributed by atoms with Crippen LogP contribution in [0.2, 0.25) is 5.02 Å². The van der Waals surface area contributed by atoms with Gasteiger partial charge in [0.15, 0.2) is 0 Å². The van der Waals surface area contributed by atoms with Gasteiger partial charge in [0.2, 0.25) is 0 Å². The lowest BCUT2D eigenvalue weighted by atomic mass is 10.1. The molecule has 0 atom stereocenters. The van der Waals surface area contributed by atoms with Gasteiger partial charge in [-0.25, -0.2) is 0 Å². The molecule has 0 bridgehead atoms. The first-order valence-electron chi connectivity index (χ1n) is 6.87. The molecule has 2 aromatic rings. The number of rotatable bonds is 6. The van der Waals surface area contributed by atoms with Crippen LogP contribution in [0.3, 0.4) is 0 Å². The molecule has 0 spiro atoms. The van der Waals surface area contributed by atoms with Crippen molar-refractivity contribution in [1.82, 2.24) is 4.90 Å². The Morgan fingerprint density at radius 3 is 2.65 bits per heavy atom. The molecule has 0 amide bonds. The van der Waals surface area contributed by atoms with E-state index in [2.05, 4.69) is 48.5 Å². The largest absolute Gasteiger partial charge is 0.384 e. The summed E-state index contributed by atoms with van der Waals surface area (Å²) in [6.07, 6.45) is 0. The van der Waals surface area contributed by atoms with Gasteiger partial charge in [0, 0.05) is 30.3 Å². The lowest BCUT2D eigenvalue weighted by Crippen LogP contribution is -2.25. The van der Waals surface area contributed by atoms with Gasteiger partial charge in [-0.05, 0) is 43.3 Å². The Labute approximate surface area is 126 Å². The smallest absolute Gasteiger partial charge is 0.0426 e. The highest BCUT2D eigenvalue weighted by atomic mass is 35.5. The molecular weight excluding hydrogens is 268 g/mol. The average Bonchev–Trinajstić information content (AvgIpc) is 2.41. The van der Waals surface area contributed by atoms with Gasteiger partial charge in [0.1, 0.15) is 0 Å². The monoisotopic (exact) mass is 288 g/mol. The number of nitrogens with zero attached hydrogens (tertiary/aromatic N) is 1. The first kappa shape index (κ1) is 14.9. The van der Waals surface area contributed by atoms with Gasteiger partial charge in [-0.15, -0.1) is 0 Å². The Morgan fingerprint density at radius 1 is 1.10 bits per heavy atom. The van der Waals surface area contributed by atoms with Crippen LogP contribution in [0.4, 0.5) is 5.69 Å². The van der Waals surface area contributed by atoms with E-state index in [1.165, 1.54) is 11.1 Å². The second-order valence-electron chi connectivity index (χ2n) is 5.10. The molecule has 1 N–H and O–H groups in total. The minimum Gasteiger partial charge on any atom is -0.384 e. The van der Waals surface area contributed by atoms with Gasteiger partial charge in [-0.2, -0.15) is 0 Å². The molecule has 3 heteroatoms. The molecule has 0 aliphatic heterocycles. The molecule has 2 aromatic carbocycles. The van der Waals surface area contributed by atoms with Crippen LogP contribution in [-0.2, 0) is 6.54 Å². The van der Waals surface area contributed by atoms with E-state index in [0.717, 1.165) is 30.3 Å². The van der Waals surface area contributed by atoms with E-state index in [0.29, 0.717) is 0 Å². The Kier molecular flexibility index (Phi) is 5.45.